The Morgan fingerprint density at radius 2 is 2.07 bits per heavy atom. The summed E-state index contributed by atoms with van der Waals surface area (Å²) in [6.07, 6.45) is 3.44. The largest absolute Gasteiger partial charge is 0.478 e. The van der Waals surface area contributed by atoms with Crippen molar-refractivity contribution >= 4 is 23.6 Å². The van der Waals surface area contributed by atoms with E-state index in [1.165, 1.54) is 6.07 Å². The first-order chi connectivity index (χ1) is 14.1. The highest BCUT2D eigenvalue weighted by Crippen LogP contribution is 2.36. The fourth-order valence-electron chi connectivity index (χ4n) is 3.64. The number of carbonyl (C=O) groups is 2. The number of nitrogens with two attached hydrogens (primary N) is 1. The second-order valence-corrected chi connectivity index (χ2v) is 7.30. The van der Waals surface area contributed by atoms with Crippen molar-refractivity contribution in [1.29, 1.82) is 0 Å². The SMILES string of the molecule is NC(=O)c1cc2nc(c1)OCCCCNC(=O)O[C@@H]1CC[C@@H](C1)c1cc(n[nH]1)N2. The van der Waals surface area contributed by atoms with E-state index < -0.39 is 5.91 Å². The molecule has 1 fully saturated rings. The van der Waals surface area contributed by atoms with Gasteiger partial charge in [-0.25, -0.2) is 4.79 Å². The van der Waals surface area contributed by atoms with Gasteiger partial charge in [0.05, 0.1) is 6.61 Å². The van der Waals surface area contributed by atoms with Crippen LogP contribution in [0.5, 0.6) is 5.88 Å². The topological polar surface area (TPSA) is 144 Å². The van der Waals surface area contributed by atoms with Gasteiger partial charge in [-0.2, -0.15) is 10.1 Å². The minimum atomic E-state index is -0.565. The summed E-state index contributed by atoms with van der Waals surface area (Å²) >= 11 is 0. The molecule has 0 radical (unpaired) electrons. The Labute approximate surface area is 167 Å². The van der Waals surface area contributed by atoms with Crippen molar-refractivity contribution in [2.24, 2.45) is 5.73 Å². The number of hydrogen-bond donors (Lipinski definition) is 4. The van der Waals surface area contributed by atoms with Crippen molar-refractivity contribution in [3.8, 4) is 5.88 Å². The minimum Gasteiger partial charge on any atom is -0.478 e. The number of nitrogens with zero attached hydrogens (tertiary/aromatic N) is 2. The quantitative estimate of drug-likeness (QED) is 0.574. The lowest BCUT2D eigenvalue weighted by molar-refractivity contribution is 0.0992. The third-order valence-electron chi connectivity index (χ3n) is 5.13. The van der Waals surface area contributed by atoms with Gasteiger partial charge in [0.1, 0.15) is 11.9 Å². The first-order valence-corrected chi connectivity index (χ1v) is 9.78. The molecule has 2 amide bonds. The van der Waals surface area contributed by atoms with E-state index in [0.29, 0.717) is 42.7 Å². The van der Waals surface area contributed by atoms with Crippen LogP contribution < -0.4 is 21.1 Å². The summed E-state index contributed by atoms with van der Waals surface area (Å²) in [4.78, 5) is 28.0. The first-order valence-electron chi connectivity index (χ1n) is 9.78. The smallest absolute Gasteiger partial charge is 0.407 e. The zero-order valence-electron chi connectivity index (χ0n) is 15.9. The number of ether oxygens (including phenoxy) is 2. The number of rotatable bonds is 1. The van der Waals surface area contributed by atoms with Gasteiger partial charge in [-0.15, -0.1) is 0 Å². The summed E-state index contributed by atoms with van der Waals surface area (Å²) in [6, 6.07) is 4.97. The van der Waals surface area contributed by atoms with E-state index in [1.807, 2.05) is 6.07 Å². The van der Waals surface area contributed by atoms with E-state index in [2.05, 4.69) is 25.8 Å². The zero-order valence-corrected chi connectivity index (χ0v) is 15.9. The molecule has 2 aromatic heterocycles. The summed E-state index contributed by atoms with van der Waals surface area (Å²) in [5, 5.41) is 13.2. The van der Waals surface area contributed by atoms with Crippen LogP contribution in [0.25, 0.3) is 0 Å². The maximum absolute atomic E-state index is 12.0. The zero-order chi connectivity index (χ0) is 20.2. The van der Waals surface area contributed by atoms with E-state index >= 15 is 0 Å². The highest BCUT2D eigenvalue weighted by atomic mass is 16.6. The number of carbonyl (C=O) groups excluding carboxylic acids is 2. The van der Waals surface area contributed by atoms with Crippen molar-refractivity contribution in [3.63, 3.8) is 0 Å². The van der Waals surface area contributed by atoms with Crippen LogP contribution in [0.3, 0.4) is 0 Å². The van der Waals surface area contributed by atoms with Crippen LogP contribution in [0.4, 0.5) is 16.4 Å². The lowest BCUT2D eigenvalue weighted by atomic mass is 10.0. The number of aromatic amines is 1. The van der Waals surface area contributed by atoms with E-state index in [9.17, 15) is 9.59 Å². The summed E-state index contributed by atoms with van der Waals surface area (Å²) in [6.45, 7) is 0.895. The lowest BCUT2D eigenvalue weighted by Crippen LogP contribution is -2.29. The van der Waals surface area contributed by atoms with Gasteiger partial charge < -0.3 is 25.8 Å². The Bertz CT molecular complexity index is 899. The lowest BCUT2D eigenvalue weighted by Gasteiger charge is -2.13. The van der Waals surface area contributed by atoms with Crippen LogP contribution in [0.2, 0.25) is 0 Å². The van der Waals surface area contributed by atoms with E-state index in [0.717, 1.165) is 31.4 Å². The second-order valence-electron chi connectivity index (χ2n) is 7.30. The van der Waals surface area contributed by atoms with Gasteiger partial charge in [-0.05, 0) is 38.2 Å². The number of primary amides is 1. The second kappa shape index (κ2) is 8.38. The van der Waals surface area contributed by atoms with Gasteiger partial charge in [-0.1, -0.05) is 0 Å². The standard InChI is InChI=1S/C19H24N6O4/c20-18(26)12-8-15-22-16-10-14(24-25-16)11-3-4-13(7-11)29-19(27)21-5-1-2-6-28-17(9-12)23-15/h8-11,13H,1-7H2,(H2,20,26)(H,21,27)(H2,22,23,24,25)/t11-,13+/m0/s1. The molecule has 2 atom stereocenters. The van der Waals surface area contributed by atoms with E-state index in [1.54, 1.807) is 6.07 Å². The molecule has 2 aliphatic rings. The van der Waals surface area contributed by atoms with Crippen LogP contribution in [-0.4, -0.2) is 46.4 Å². The molecule has 10 heteroatoms. The summed E-state index contributed by atoms with van der Waals surface area (Å²) in [7, 11) is 0. The van der Waals surface area contributed by atoms with E-state index in [4.69, 9.17) is 15.2 Å². The normalized spacial score (nSPS) is 22.3. The number of anilines is 2. The molecule has 154 valence electrons. The molecule has 0 spiro atoms. The number of aromatic nitrogens is 3. The Kier molecular flexibility index (Phi) is 5.50. The highest BCUT2D eigenvalue weighted by molar-refractivity contribution is 5.94. The Morgan fingerprint density at radius 1 is 1.17 bits per heavy atom. The van der Waals surface area contributed by atoms with Crippen molar-refractivity contribution in [3.05, 3.63) is 29.5 Å². The predicted octanol–water partition coefficient (Wildman–Crippen LogP) is 2.18. The fourth-order valence-corrected chi connectivity index (χ4v) is 3.64. The molecule has 1 saturated carbocycles. The molecule has 0 unspecified atom stereocenters. The summed E-state index contributed by atoms with van der Waals surface area (Å²) in [5.41, 5.74) is 6.69. The molecule has 0 saturated heterocycles. The number of nitrogens with one attached hydrogen (secondary N) is 3. The average molecular weight is 400 g/mol. The minimum absolute atomic E-state index is 0.0987. The molecule has 2 aromatic rings. The molecule has 5 N–H and O–H groups in total. The van der Waals surface area contributed by atoms with Crippen molar-refractivity contribution < 1.29 is 19.1 Å². The molecule has 0 aromatic carbocycles. The Hall–Kier alpha value is -3.30. The molecular weight excluding hydrogens is 376 g/mol. The molecule has 3 heterocycles. The third-order valence-corrected chi connectivity index (χ3v) is 5.13. The van der Waals surface area contributed by atoms with Gasteiger partial charge in [0.2, 0.25) is 11.8 Å². The first kappa shape index (κ1) is 19.0. The van der Waals surface area contributed by atoms with Gasteiger partial charge in [0, 0.05) is 35.9 Å². The van der Waals surface area contributed by atoms with E-state index in [-0.39, 0.29) is 18.1 Å². The molecule has 1 aliphatic carbocycles. The van der Waals surface area contributed by atoms with Gasteiger partial charge in [0.15, 0.2) is 5.82 Å². The average Bonchev–Trinajstić information content (AvgIpc) is 3.33. The van der Waals surface area contributed by atoms with Crippen molar-refractivity contribution in [2.45, 2.75) is 44.1 Å². The summed E-state index contributed by atoms with van der Waals surface area (Å²) < 4.78 is 11.2. The van der Waals surface area contributed by atoms with Crippen LogP contribution in [-0.2, 0) is 4.74 Å². The third kappa shape index (κ3) is 4.76. The van der Waals surface area contributed by atoms with Gasteiger partial charge in [0.25, 0.3) is 0 Å². The van der Waals surface area contributed by atoms with Crippen LogP contribution in [0, 0.1) is 0 Å². The number of pyridine rings is 1. The number of H-pyrrole nitrogens is 1. The van der Waals surface area contributed by atoms with Crippen LogP contribution >= 0.6 is 0 Å². The Morgan fingerprint density at radius 3 is 2.93 bits per heavy atom. The van der Waals surface area contributed by atoms with Crippen molar-refractivity contribution in [1.82, 2.24) is 20.5 Å². The van der Waals surface area contributed by atoms with Gasteiger partial charge >= 0.3 is 6.09 Å². The van der Waals surface area contributed by atoms with Crippen LogP contribution in [0.15, 0.2) is 18.2 Å². The maximum Gasteiger partial charge on any atom is 0.407 e. The number of alkyl carbamates (subject to hydrolysis) is 1. The fraction of sp³-hybridized carbons (Fsp3) is 0.474. The molecule has 29 heavy (non-hydrogen) atoms. The van der Waals surface area contributed by atoms with Crippen LogP contribution in [0.1, 0.15) is 54.1 Å². The molecule has 1 aliphatic heterocycles. The summed E-state index contributed by atoms with van der Waals surface area (Å²) in [5.74, 6) is 0.966. The van der Waals surface area contributed by atoms with Crippen molar-refractivity contribution in [2.75, 3.05) is 18.5 Å². The number of hydrogen-bond acceptors (Lipinski definition) is 7. The monoisotopic (exact) mass is 400 g/mol. The number of amides is 2. The molecule has 4 rings (SSSR count). The maximum atomic E-state index is 12.0. The highest BCUT2D eigenvalue weighted by Gasteiger charge is 2.30. The predicted molar refractivity (Wildman–Crippen MR) is 104 cm³/mol. The molecular formula is C19H24N6O4. The number of fused-ring (bicyclic) bond motifs is 7. The molecule has 10 nitrogen and oxygen atoms in total. The molecule has 6 bridgehead atoms. The Balaban J connectivity index is 1.57. The van der Waals surface area contributed by atoms with Gasteiger partial charge in [-0.3, -0.25) is 9.89 Å².